The summed E-state index contributed by atoms with van der Waals surface area (Å²) < 4.78 is 0. The van der Waals surface area contributed by atoms with Gasteiger partial charge in [-0.25, -0.2) is 0 Å². The van der Waals surface area contributed by atoms with Gasteiger partial charge in [0.25, 0.3) is 0 Å². The van der Waals surface area contributed by atoms with Gasteiger partial charge in [-0.05, 0) is 24.2 Å². The summed E-state index contributed by atoms with van der Waals surface area (Å²) in [5.41, 5.74) is 1.11. The molecule has 2 nitrogen and oxygen atoms in total. The molecule has 0 aliphatic carbocycles. The number of rotatable bonds is 12. The van der Waals surface area contributed by atoms with Crippen LogP contribution in [0.15, 0.2) is 30.3 Å². The highest BCUT2D eigenvalue weighted by atomic mass is 32.2. The molecule has 1 atom stereocenters. The van der Waals surface area contributed by atoms with Crippen molar-refractivity contribution in [1.29, 1.82) is 0 Å². The smallest absolute Gasteiger partial charge is 0.316 e. The minimum atomic E-state index is -0.688. The Morgan fingerprint density at radius 2 is 1.67 bits per heavy atom. The lowest BCUT2D eigenvalue weighted by molar-refractivity contribution is -0.136. The number of unbranched alkanes of at least 4 members (excludes halogenated alkanes) is 6. The van der Waals surface area contributed by atoms with E-state index in [1.807, 2.05) is 30.3 Å². The van der Waals surface area contributed by atoms with Crippen LogP contribution < -0.4 is 0 Å². The first kappa shape index (κ1) is 18.1. The van der Waals surface area contributed by atoms with Crippen LogP contribution in [0.4, 0.5) is 0 Å². The lowest BCUT2D eigenvalue weighted by atomic mass is 10.1. The third-order valence-electron chi connectivity index (χ3n) is 3.61. The maximum atomic E-state index is 11.3. The molecule has 1 N–H and O–H groups in total. The zero-order chi connectivity index (χ0) is 15.3. The van der Waals surface area contributed by atoms with Crippen LogP contribution in [0.2, 0.25) is 0 Å². The maximum absolute atomic E-state index is 11.3. The average Bonchev–Trinajstić information content (AvgIpc) is 2.49. The molecule has 0 aliphatic rings. The molecule has 0 saturated heterocycles. The van der Waals surface area contributed by atoms with Crippen molar-refractivity contribution in [1.82, 2.24) is 0 Å². The largest absolute Gasteiger partial charge is 0.480 e. The van der Waals surface area contributed by atoms with Gasteiger partial charge >= 0.3 is 5.97 Å². The molecule has 3 heteroatoms. The zero-order valence-corrected chi connectivity index (χ0v) is 13.9. The van der Waals surface area contributed by atoms with E-state index in [0.717, 1.165) is 17.7 Å². The number of benzene rings is 1. The summed E-state index contributed by atoms with van der Waals surface area (Å²) in [7, 11) is 0. The van der Waals surface area contributed by atoms with Crippen molar-refractivity contribution in [2.75, 3.05) is 5.75 Å². The van der Waals surface area contributed by atoms with E-state index in [4.69, 9.17) is 0 Å². The summed E-state index contributed by atoms with van der Waals surface area (Å²) in [6.07, 6.45) is 9.57. The fraction of sp³-hybridized carbons (Fsp3) is 0.611. The molecule has 0 radical (unpaired) electrons. The number of thioether (sulfide) groups is 1. The van der Waals surface area contributed by atoms with Crippen molar-refractivity contribution in [3.05, 3.63) is 35.9 Å². The van der Waals surface area contributed by atoms with Crippen LogP contribution in [-0.2, 0) is 11.2 Å². The Bertz CT molecular complexity index is 378. The third kappa shape index (κ3) is 8.82. The third-order valence-corrected chi connectivity index (χ3v) is 4.90. The van der Waals surface area contributed by atoms with E-state index in [1.165, 1.54) is 38.5 Å². The van der Waals surface area contributed by atoms with E-state index >= 15 is 0 Å². The molecule has 0 amide bonds. The molecular formula is C18H28O2S. The molecule has 1 aromatic rings. The van der Waals surface area contributed by atoms with E-state index in [-0.39, 0.29) is 5.25 Å². The molecule has 0 spiro atoms. The van der Waals surface area contributed by atoms with Crippen molar-refractivity contribution >= 4 is 17.7 Å². The highest BCUT2D eigenvalue weighted by Crippen LogP contribution is 2.19. The molecule has 0 fully saturated rings. The van der Waals surface area contributed by atoms with Crippen molar-refractivity contribution < 1.29 is 9.90 Å². The van der Waals surface area contributed by atoms with Gasteiger partial charge in [0.05, 0.1) is 0 Å². The highest BCUT2D eigenvalue weighted by molar-refractivity contribution is 8.00. The topological polar surface area (TPSA) is 37.3 Å². The SMILES string of the molecule is CCCCCCCCCSC(Cc1ccccc1)C(=O)O. The second-order valence-corrected chi connectivity index (χ2v) is 6.82. The molecule has 0 aromatic heterocycles. The molecule has 1 aromatic carbocycles. The van der Waals surface area contributed by atoms with Gasteiger partial charge in [-0.3, -0.25) is 4.79 Å². The summed E-state index contributed by atoms with van der Waals surface area (Å²) >= 11 is 1.59. The number of carbonyl (C=O) groups is 1. The molecule has 0 heterocycles. The van der Waals surface area contributed by atoms with Gasteiger partial charge in [-0.15, -0.1) is 11.8 Å². The molecule has 118 valence electrons. The van der Waals surface area contributed by atoms with E-state index < -0.39 is 5.97 Å². The molecule has 0 bridgehead atoms. The van der Waals surface area contributed by atoms with Gasteiger partial charge < -0.3 is 5.11 Å². The van der Waals surface area contributed by atoms with Gasteiger partial charge in [-0.1, -0.05) is 75.8 Å². The number of hydrogen-bond donors (Lipinski definition) is 1. The summed E-state index contributed by atoms with van der Waals surface area (Å²) in [6.45, 7) is 2.23. The van der Waals surface area contributed by atoms with Crippen molar-refractivity contribution in [2.45, 2.75) is 63.5 Å². The average molecular weight is 308 g/mol. The second kappa shape index (κ2) is 11.7. The summed E-state index contributed by atoms with van der Waals surface area (Å²) in [4.78, 5) is 11.3. The summed E-state index contributed by atoms with van der Waals surface area (Å²) in [6, 6.07) is 9.91. The number of aliphatic carboxylic acids is 1. The summed E-state index contributed by atoms with van der Waals surface area (Å²) in [5.74, 6) is 0.268. The van der Waals surface area contributed by atoms with Crippen LogP contribution in [0.3, 0.4) is 0 Å². The molecule has 0 saturated carbocycles. The Morgan fingerprint density at radius 3 is 2.29 bits per heavy atom. The van der Waals surface area contributed by atoms with E-state index in [9.17, 15) is 9.90 Å². The van der Waals surface area contributed by atoms with Gasteiger partial charge in [0.15, 0.2) is 0 Å². The zero-order valence-electron chi connectivity index (χ0n) is 13.1. The predicted octanol–water partition coefficient (Wildman–Crippen LogP) is 5.17. The Kier molecular flexibility index (Phi) is 10.1. The van der Waals surface area contributed by atoms with Gasteiger partial charge in [0.2, 0.25) is 0 Å². The Labute approximate surface area is 133 Å². The first-order chi connectivity index (χ1) is 10.2. The van der Waals surface area contributed by atoms with E-state index in [0.29, 0.717) is 6.42 Å². The standard InChI is InChI=1S/C18H28O2S/c1-2-3-4-5-6-7-11-14-21-17(18(19)20)15-16-12-9-8-10-13-16/h8-10,12-13,17H,2-7,11,14-15H2,1H3,(H,19,20). The number of carboxylic acid groups (broad SMARTS) is 1. The Hall–Kier alpha value is -0.960. The molecular weight excluding hydrogens is 280 g/mol. The Balaban J connectivity index is 2.16. The Morgan fingerprint density at radius 1 is 1.05 bits per heavy atom. The van der Waals surface area contributed by atoms with Crippen LogP contribution in [0.25, 0.3) is 0 Å². The number of hydrogen-bond acceptors (Lipinski definition) is 2. The van der Waals surface area contributed by atoms with E-state index in [1.54, 1.807) is 11.8 Å². The van der Waals surface area contributed by atoms with Gasteiger partial charge in [0, 0.05) is 0 Å². The molecule has 1 unspecified atom stereocenters. The molecule has 21 heavy (non-hydrogen) atoms. The normalized spacial score (nSPS) is 12.2. The lowest BCUT2D eigenvalue weighted by Crippen LogP contribution is -2.19. The summed E-state index contributed by atoms with van der Waals surface area (Å²) in [5, 5.41) is 9.00. The van der Waals surface area contributed by atoms with Gasteiger partial charge in [0.1, 0.15) is 5.25 Å². The predicted molar refractivity (Wildman–Crippen MR) is 92.0 cm³/mol. The second-order valence-electron chi connectivity index (χ2n) is 5.51. The fourth-order valence-corrected chi connectivity index (χ4v) is 3.44. The molecule has 0 aliphatic heterocycles. The van der Waals surface area contributed by atoms with Crippen LogP contribution in [0.5, 0.6) is 0 Å². The van der Waals surface area contributed by atoms with Crippen molar-refractivity contribution in [2.24, 2.45) is 0 Å². The first-order valence-electron chi connectivity index (χ1n) is 8.12. The maximum Gasteiger partial charge on any atom is 0.316 e. The van der Waals surface area contributed by atoms with Crippen LogP contribution in [0.1, 0.15) is 57.4 Å². The highest BCUT2D eigenvalue weighted by Gasteiger charge is 2.17. The minimum Gasteiger partial charge on any atom is -0.480 e. The number of carboxylic acids is 1. The van der Waals surface area contributed by atoms with Crippen LogP contribution in [-0.4, -0.2) is 22.1 Å². The van der Waals surface area contributed by atoms with Gasteiger partial charge in [-0.2, -0.15) is 0 Å². The monoisotopic (exact) mass is 308 g/mol. The fourth-order valence-electron chi connectivity index (χ4n) is 2.33. The lowest BCUT2D eigenvalue weighted by Gasteiger charge is -2.12. The quantitative estimate of drug-likeness (QED) is 0.541. The van der Waals surface area contributed by atoms with Crippen molar-refractivity contribution in [3.8, 4) is 0 Å². The first-order valence-corrected chi connectivity index (χ1v) is 9.17. The van der Waals surface area contributed by atoms with Crippen LogP contribution in [0, 0.1) is 0 Å². The van der Waals surface area contributed by atoms with Crippen molar-refractivity contribution in [3.63, 3.8) is 0 Å². The van der Waals surface area contributed by atoms with E-state index in [2.05, 4.69) is 6.92 Å². The minimum absolute atomic E-state index is 0.313. The van der Waals surface area contributed by atoms with Crippen LogP contribution >= 0.6 is 11.8 Å². The molecule has 1 rings (SSSR count).